The van der Waals surface area contributed by atoms with E-state index >= 15 is 0 Å². The molecule has 106 valence electrons. The van der Waals surface area contributed by atoms with Crippen molar-refractivity contribution in [2.24, 2.45) is 5.92 Å². The predicted octanol–water partition coefficient (Wildman–Crippen LogP) is 1.91. The second-order valence-corrected chi connectivity index (χ2v) is 5.06. The first-order valence-electron chi connectivity index (χ1n) is 6.63. The van der Waals surface area contributed by atoms with Crippen LogP contribution in [0.4, 0.5) is 0 Å². The van der Waals surface area contributed by atoms with Crippen molar-refractivity contribution in [1.82, 2.24) is 9.88 Å². The summed E-state index contributed by atoms with van der Waals surface area (Å²) in [6, 6.07) is 1.56. The number of carboxylic acids is 1. The minimum atomic E-state index is -0.941. The van der Waals surface area contributed by atoms with Gasteiger partial charge >= 0.3 is 5.97 Å². The van der Waals surface area contributed by atoms with Crippen molar-refractivity contribution in [3.05, 3.63) is 23.5 Å². The van der Waals surface area contributed by atoms with E-state index in [1.165, 1.54) is 0 Å². The summed E-state index contributed by atoms with van der Waals surface area (Å²) in [5.74, 6) is -0.687. The van der Waals surface area contributed by atoms with Gasteiger partial charge in [0.05, 0.1) is 5.56 Å². The van der Waals surface area contributed by atoms with E-state index < -0.39 is 5.97 Å². The van der Waals surface area contributed by atoms with E-state index in [1.807, 2.05) is 20.8 Å². The van der Waals surface area contributed by atoms with Crippen LogP contribution in [0.3, 0.4) is 0 Å². The molecule has 0 saturated heterocycles. The molecule has 0 radical (unpaired) electrons. The zero-order valence-corrected chi connectivity index (χ0v) is 11.8. The molecule has 0 aliphatic rings. The van der Waals surface area contributed by atoms with E-state index in [4.69, 9.17) is 5.11 Å². The van der Waals surface area contributed by atoms with Crippen molar-refractivity contribution in [2.75, 3.05) is 6.54 Å². The van der Waals surface area contributed by atoms with Crippen molar-refractivity contribution in [3.8, 4) is 0 Å². The number of carbonyl (C=O) groups excluding carboxylic acids is 1. The lowest BCUT2D eigenvalue weighted by Crippen LogP contribution is -2.28. The molecule has 0 atom stereocenters. The number of amides is 1. The van der Waals surface area contributed by atoms with Gasteiger partial charge in [-0.05, 0) is 24.8 Å². The van der Waals surface area contributed by atoms with Gasteiger partial charge in [0.15, 0.2) is 0 Å². The number of nitrogens with zero attached hydrogens (tertiary/aromatic N) is 1. The Bertz CT molecular complexity index is 450. The summed E-state index contributed by atoms with van der Waals surface area (Å²) < 4.78 is 1.73. The highest BCUT2D eigenvalue weighted by Crippen LogP contribution is 2.16. The molecule has 1 aromatic rings. The van der Waals surface area contributed by atoms with Crippen LogP contribution in [-0.4, -0.2) is 28.1 Å². The van der Waals surface area contributed by atoms with Gasteiger partial charge in [-0.1, -0.05) is 20.8 Å². The molecule has 19 heavy (non-hydrogen) atoms. The number of carboxylic acid groups (broad SMARTS) is 1. The van der Waals surface area contributed by atoms with Gasteiger partial charge in [0, 0.05) is 18.4 Å². The normalized spacial score (nSPS) is 10.7. The lowest BCUT2D eigenvalue weighted by molar-refractivity contribution is -0.121. The Balaban J connectivity index is 2.87. The molecule has 1 rings (SSSR count). The quantitative estimate of drug-likeness (QED) is 0.792. The van der Waals surface area contributed by atoms with Crippen molar-refractivity contribution < 1.29 is 14.7 Å². The van der Waals surface area contributed by atoms with Crippen LogP contribution in [0, 0.1) is 5.92 Å². The Labute approximate surface area is 113 Å². The highest BCUT2D eigenvalue weighted by atomic mass is 16.4. The van der Waals surface area contributed by atoms with Gasteiger partial charge in [-0.3, -0.25) is 4.79 Å². The Hall–Kier alpha value is -1.78. The summed E-state index contributed by atoms with van der Waals surface area (Å²) in [6.45, 7) is 6.86. The smallest absolute Gasteiger partial charge is 0.337 e. The number of aromatic nitrogens is 1. The van der Waals surface area contributed by atoms with Gasteiger partial charge in [0.1, 0.15) is 6.54 Å². The standard InChI is InChI=1S/C14H22N2O3/c1-4-6-15-13(17)9-16-7-5-11(14(18)19)12(16)8-10(2)3/h5,7,10H,4,6,8-9H2,1-3H3,(H,15,17)(H,18,19). The summed E-state index contributed by atoms with van der Waals surface area (Å²) in [7, 11) is 0. The lowest BCUT2D eigenvalue weighted by Gasteiger charge is -2.12. The largest absolute Gasteiger partial charge is 0.478 e. The Morgan fingerprint density at radius 2 is 2.11 bits per heavy atom. The van der Waals surface area contributed by atoms with E-state index in [9.17, 15) is 9.59 Å². The second kappa shape index (κ2) is 6.97. The van der Waals surface area contributed by atoms with Crippen LogP contribution in [0.1, 0.15) is 43.2 Å². The molecule has 0 aromatic carbocycles. The van der Waals surface area contributed by atoms with Crippen LogP contribution in [0.15, 0.2) is 12.3 Å². The van der Waals surface area contributed by atoms with Crippen molar-refractivity contribution in [2.45, 2.75) is 40.2 Å². The van der Waals surface area contributed by atoms with Crippen LogP contribution >= 0.6 is 0 Å². The summed E-state index contributed by atoms with van der Waals surface area (Å²) >= 11 is 0. The topological polar surface area (TPSA) is 71.3 Å². The number of hydrogen-bond acceptors (Lipinski definition) is 2. The monoisotopic (exact) mass is 266 g/mol. The third-order valence-corrected chi connectivity index (χ3v) is 2.80. The van der Waals surface area contributed by atoms with Gasteiger partial charge < -0.3 is 15.0 Å². The second-order valence-electron chi connectivity index (χ2n) is 5.06. The minimum absolute atomic E-state index is 0.0839. The highest BCUT2D eigenvalue weighted by Gasteiger charge is 2.17. The molecule has 1 aromatic heterocycles. The van der Waals surface area contributed by atoms with E-state index in [0.717, 1.165) is 6.42 Å². The molecular weight excluding hydrogens is 244 g/mol. The molecule has 0 unspecified atom stereocenters. The average molecular weight is 266 g/mol. The summed E-state index contributed by atoms with van der Waals surface area (Å²) in [5.41, 5.74) is 1.01. The van der Waals surface area contributed by atoms with E-state index in [0.29, 0.717) is 24.6 Å². The SMILES string of the molecule is CCCNC(=O)Cn1ccc(C(=O)O)c1CC(C)C. The lowest BCUT2D eigenvalue weighted by atomic mass is 10.0. The molecule has 0 spiro atoms. The molecule has 0 bridgehead atoms. The van der Waals surface area contributed by atoms with Gasteiger partial charge in [-0.2, -0.15) is 0 Å². The van der Waals surface area contributed by atoms with E-state index in [1.54, 1.807) is 16.8 Å². The highest BCUT2D eigenvalue weighted by molar-refractivity contribution is 5.89. The molecule has 0 aliphatic heterocycles. The van der Waals surface area contributed by atoms with E-state index in [2.05, 4.69) is 5.32 Å². The zero-order chi connectivity index (χ0) is 14.4. The number of aromatic carboxylic acids is 1. The third kappa shape index (κ3) is 4.43. The molecule has 0 aliphatic carbocycles. The van der Waals surface area contributed by atoms with Gasteiger partial charge in [0.2, 0.25) is 5.91 Å². The van der Waals surface area contributed by atoms with Gasteiger partial charge in [-0.15, -0.1) is 0 Å². The first kappa shape index (κ1) is 15.3. The summed E-state index contributed by atoms with van der Waals surface area (Å²) in [4.78, 5) is 22.9. The molecule has 2 N–H and O–H groups in total. The molecule has 0 saturated carbocycles. The number of rotatable bonds is 7. The zero-order valence-electron chi connectivity index (χ0n) is 11.8. The van der Waals surface area contributed by atoms with Crippen LogP contribution in [0.2, 0.25) is 0 Å². The third-order valence-electron chi connectivity index (χ3n) is 2.80. The Morgan fingerprint density at radius 1 is 1.42 bits per heavy atom. The Kier molecular flexibility index (Phi) is 5.60. The van der Waals surface area contributed by atoms with Crippen LogP contribution in [-0.2, 0) is 17.8 Å². The van der Waals surface area contributed by atoms with Gasteiger partial charge in [0.25, 0.3) is 0 Å². The minimum Gasteiger partial charge on any atom is -0.478 e. The first-order chi connectivity index (χ1) is 8.95. The molecule has 5 heteroatoms. The number of carbonyl (C=O) groups is 2. The molecule has 0 fully saturated rings. The van der Waals surface area contributed by atoms with Crippen molar-refractivity contribution in [1.29, 1.82) is 0 Å². The van der Waals surface area contributed by atoms with Gasteiger partial charge in [-0.25, -0.2) is 4.79 Å². The summed E-state index contributed by atoms with van der Waals surface area (Å²) in [5, 5.41) is 11.9. The van der Waals surface area contributed by atoms with Crippen molar-refractivity contribution >= 4 is 11.9 Å². The molecule has 1 heterocycles. The fourth-order valence-corrected chi connectivity index (χ4v) is 1.94. The number of hydrogen-bond donors (Lipinski definition) is 2. The van der Waals surface area contributed by atoms with Crippen molar-refractivity contribution in [3.63, 3.8) is 0 Å². The predicted molar refractivity (Wildman–Crippen MR) is 73.2 cm³/mol. The van der Waals surface area contributed by atoms with Crippen LogP contribution < -0.4 is 5.32 Å². The molecule has 1 amide bonds. The molecule has 5 nitrogen and oxygen atoms in total. The Morgan fingerprint density at radius 3 is 2.63 bits per heavy atom. The van der Waals surface area contributed by atoms with Crippen LogP contribution in [0.25, 0.3) is 0 Å². The maximum absolute atomic E-state index is 11.7. The van der Waals surface area contributed by atoms with Crippen LogP contribution in [0.5, 0.6) is 0 Å². The first-order valence-corrected chi connectivity index (χ1v) is 6.63. The maximum atomic E-state index is 11.7. The fraction of sp³-hybridized carbons (Fsp3) is 0.571. The average Bonchev–Trinajstić information content (AvgIpc) is 2.69. The maximum Gasteiger partial charge on any atom is 0.337 e. The number of nitrogens with one attached hydrogen (secondary N) is 1. The van der Waals surface area contributed by atoms with E-state index in [-0.39, 0.29) is 18.0 Å². The molecular formula is C14H22N2O3. The fourth-order valence-electron chi connectivity index (χ4n) is 1.94. The summed E-state index contributed by atoms with van der Waals surface area (Å²) in [6.07, 6.45) is 3.21.